The van der Waals surface area contributed by atoms with E-state index in [1.54, 1.807) is 4.90 Å². The molecule has 0 aromatic heterocycles. The fraction of sp³-hybridized carbons (Fsp3) is 0.375. The average molecular weight is 474 g/mol. The summed E-state index contributed by atoms with van der Waals surface area (Å²) in [7, 11) is 1.39. The standard InChI is InChI=1S/C24H27FN2O7/c1-15-11-27(12-16(2)34-15)23(29)14-33-24(30)17-4-9-20(21(10-17)31-3)32-13-22(28)26-19-7-5-18(25)6-8-19/h4-10,15-16H,11-14H2,1-3H3,(H,26,28). The molecule has 9 nitrogen and oxygen atoms in total. The number of anilines is 1. The molecule has 34 heavy (non-hydrogen) atoms. The van der Waals surface area contributed by atoms with Crippen molar-refractivity contribution in [2.45, 2.75) is 26.1 Å². The maximum atomic E-state index is 13.0. The molecule has 0 aliphatic carbocycles. The number of rotatable bonds is 8. The highest BCUT2D eigenvalue weighted by molar-refractivity contribution is 5.93. The van der Waals surface area contributed by atoms with Crippen LogP contribution in [-0.2, 0) is 19.1 Å². The summed E-state index contributed by atoms with van der Waals surface area (Å²) in [6.07, 6.45) is -0.170. The third-order valence-corrected chi connectivity index (χ3v) is 4.99. The molecule has 0 radical (unpaired) electrons. The smallest absolute Gasteiger partial charge is 0.338 e. The van der Waals surface area contributed by atoms with E-state index in [-0.39, 0.29) is 48.4 Å². The maximum absolute atomic E-state index is 13.0. The molecule has 0 spiro atoms. The number of ether oxygens (including phenoxy) is 4. The minimum Gasteiger partial charge on any atom is -0.493 e. The third kappa shape index (κ3) is 6.92. The van der Waals surface area contributed by atoms with Crippen LogP contribution in [0.4, 0.5) is 10.1 Å². The van der Waals surface area contributed by atoms with Gasteiger partial charge in [-0.15, -0.1) is 0 Å². The van der Waals surface area contributed by atoms with E-state index in [4.69, 9.17) is 18.9 Å². The molecule has 182 valence electrons. The molecule has 0 bridgehead atoms. The number of carbonyl (C=O) groups is 3. The molecule has 1 aliphatic heterocycles. The van der Waals surface area contributed by atoms with Gasteiger partial charge in [-0.25, -0.2) is 9.18 Å². The highest BCUT2D eigenvalue weighted by atomic mass is 19.1. The van der Waals surface area contributed by atoms with Gasteiger partial charge in [0.05, 0.1) is 24.9 Å². The number of hydrogen-bond donors (Lipinski definition) is 1. The van der Waals surface area contributed by atoms with Gasteiger partial charge in [0.2, 0.25) is 0 Å². The number of methoxy groups -OCH3 is 1. The van der Waals surface area contributed by atoms with E-state index in [1.807, 2.05) is 13.8 Å². The Morgan fingerprint density at radius 2 is 1.71 bits per heavy atom. The van der Waals surface area contributed by atoms with Crippen molar-refractivity contribution in [1.29, 1.82) is 0 Å². The monoisotopic (exact) mass is 474 g/mol. The molecule has 3 rings (SSSR count). The Morgan fingerprint density at radius 3 is 2.35 bits per heavy atom. The Labute approximate surface area is 196 Å². The lowest BCUT2D eigenvalue weighted by Crippen LogP contribution is -2.49. The lowest BCUT2D eigenvalue weighted by Gasteiger charge is -2.35. The maximum Gasteiger partial charge on any atom is 0.338 e. The number of nitrogens with one attached hydrogen (secondary N) is 1. The van der Waals surface area contributed by atoms with Crippen LogP contribution in [0.3, 0.4) is 0 Å². The lowest BCUT2D eigenvalue weighted by atomic mass is 10.2. The van der Waals surface area contributed by atoms with Crippen LogP contribution in [-0.4, -0.2) is 68.3 Å². The van der Waals surface area contributed by atoms with E-state index in [1.165, 1.54) is 49.6 Å². The van der Waals surface area contributed by atoms with Crippen molar-refractivity contribution in [3.63, 3.8) is 0 Å². The summed E-state index contributed by atoms with van der Waals surface area (Å²) in [6, 6.07) is 9.63. The van der Waals surface area contributed by atoms with E-state index in [2.05, 4.69) is 5.32 Å². The van der Waals surface area contributed by atoms with Crippen molar-refractivity contribution in [2.75, 3.05) is 38.7 Å². The number of benzene rings is 2. The van der Waals surface area contributed by atoms with Crippen LogP contribution in [0.1, 0.15) is 24.2 Å². The van der Waals surface area contributed by atoms with Gasteiger partial charge in [0.15, 0.2) is 24.7 Å². The molecular formula is C24H27FN2O7. The minimum atomic E-state index is -0.693. The second-order valence-corrected chi connectivity index (χ2v) is 7.84. The molecule has 2 aromatic carbocycles. The molecule has 2 aromatic rings. The SMILES string of the molecule is COc1cc(C(=O)OCC(=O)N2CC(C)OC(C)C2)ccc1OCC(=O)Nc1ccc(F)cc1. The Hall–Kier alpha value is -3.66. The van der Waals surface area contributed by atoms with E-state index in [0.717, 1.165) is 0 Å². The summed E-state index contributed by atoms with van der Waals surface area (Å²) >= 11 is 0. The van der Waals surface area contributed by atoms with Gasteiger partial charge in [-0.1, -0.05) is 0 Å². The molecule has 1 saturated heterocycles. The third-order valence-electron chi connectivity index (χ3n) is 4.99. The number of esters is 1. The average Bonchev–Trinajstić information content (AvgIpc) is 2.81. The van der Waals surface area contributed by atoms with Crippen LogP contribution in [0, 0.1) is 5.82 Å². The number of halogens is 1. The molecule has 10 heteroatoms. The van der Waals surface area contributed by atoms with Crippen LogP contribution in [0.2, 0.25) is 0 Å². The topological polar surface area (TPSA) is 103 Å². The van der Waals surface area contributed by atoms with Crippen LogP contribution < -0.4 is 14.8 Å². The van der Waals surface area contributed by atoms with Crippen molar-refractivity contribution >= 4 is 23.5 Å². The van der Waals surface area contributed by atoms with Crippen molar-refractivity contribution in [1.82, 2.24) is 4.90 Å². The predicted octanol–water partition coefficient (Wildman–Crippen LogP) is 2.64. The van der Waals surface area contributed by atoms with Crippen molar-refractivity contribution < 1.29 is 37.7 Å². The van der Waals surface area contributed by atoms with Crippen molar-refractivity contribution in [2.24, 2.45) is 0 Å². The number of morpholine rings is 1. The second-order valence-electron chi connectivity index (χ2n) is 7.84. The summed E-state index contributed by atoms with van der Waals surface area (Å²) < 4.78 is 34.5. The molecule has 2 atom stereocenters. The molecule has 2 amide bonds. The zero-order valence-corrected chi connectivity index (χ0v) is 19.2. The molecule has 1 aliphatic rings. The number of amides is 2. The van der Waals surface area contributed by atoms with Gasteiger partial charge in [0, 0.05) is 18.8 Å². The van der Waals surface area contributed by atoms with Crippen LogP contribution in [0.5, 0.6) is 11.5 Å². The largest absolute Gasteiger partial charge is 0.493 e. The molecular weight excluding hydrogens is 447 g/mol. The van der Waals surface area contributed by atoms with Crippen LogP contribution >= 0.6 is 0 Å². The van der Waals surface area contributed by atoms with Gasteiger partial charge in [0.1, 0.15) is 5.82 Å². The van der Waals surface area contributed by atoms with Crippen molar-refractivity contribution in [3.8, 4) is 11.5 Å². The van der Waals surface area contributed by atoms with Gasteiger partial charge >= 0.3 is 5.97 Å². The number of nitrogens with zero attached hydrogens (tertiary/aromatic N) is 1. The Morgan fingerprint density at radius 1 is 1.03 bits per heavy atom. The fourth-order valence-electron chi connectivity index (χ4n) is 3.47. The van der Waals surface area contributed by atoms with Gasteiger partial charge in [-0.05, 0) is 56.3 Å². The number of hydrogen-bond acceptors (Lipinski definition) is 7. The molecule has 1 fully saturated rings. The van der Waals surface area contributed by atoms with Gasteiger partial charge < -0.3 is 29.2 Å². The second kappa shape index (κ2) is 11.5. The summed E-state index contributed by atoms with van der Waals surface area (Å²) in [5.74, 6) is -1.41. The lowest BCUT2D eigenvalue weighted by molar-refractivity contribution is -0.146. The summed E-state index contributed by atoms with van der Waals surface area (Å²) in [5.41, 5.74) is 0.590. The van der Waals surface area contributed by atoms with Gasteiger partial charge in [0.25, 0.3) is 11.8 Å². The molecule has 1 heterocycles. The minimum absolute atomic E-state index is 0.0852. The van der Waals surface area contributed by atoms with Crippen molar-refractivity contribution in [3.05, 3.63) is 53.8 Å². The molecule has 0 saturated carbocycles. The fourth-order valence-corrected chi connectivity index (χ4v) is 3.47. The van der Waals surface area contributed by atoms with E-state index in [0.29, 0.717) is 18.8 Å². The predicted molar refractivity (Wildman–Crippen MR) is 120 cm³/mol. The van der Waals surface area contributed by atoms with Crippen LogP contribution in [0.15, 0.2) is 42.5 Å². The zero-order valence-electron chi connectivity index (χ0n) is 19.2. The molecule has 2 unspecified atom stereocenters. The Bertz CT molecular complexity index is 1020. The Balaban J connectivity index is 1.53. The zero-order chi connectivity index (χ0) is 24.7. The van der Waals surface area contributed by atoms with E-state index < -0.39 is 17.7 Å². The Kier molecular flexibility index (Phi) is 8.42. The normalized spacial score (nSPS) is 17.6. The number of carbonyl (C=O) groups excluding carboxylic acids is 3. The van der Waals surface area contributed by atoms with Crippen LogP contribution in [0.25, 0.3) is 0 Å². The highest BCUT2D eigenvalue weighted by Crippen LogP contribution is 2.28. The quantitative estimate of drug-likeness (QED) is 0.587. The van der Waals surface area contributed by atoms with E-state index >= 15 is 0 Å². The first-order chi connectivity index (χ1) is 16.2. The summed E-state index contributed by atoms with van der Waals surface area (Å²) in [4.78, 5) is 38.5. The first kappa shape index (κ1) is 25.0. The highest BCUT2D eigenvalue weighted by Gasteiger charge is 2.26. The molecule has 1 N–H and O–H groups in total. The first-order valence-corrected chi connectivity index (χ1v) is 10.7. The summed E-state index contributed by atoms with van der Waals surface area (Å²) in [5, 5.41) is 2.58. The van der Waals surface area contributed by atoms with E-state index in [9.17, 15) is 18.8 Å². The van der Waals surface area contributed by atoms with Gasteiger partial charge in [-0.2, -0.15) is 0 Å². The first-order valence-electron chi connectivity index (χ1n) is 10.7. The summed E-state index contributed by atoms with van der Waals surface area (Å²) in [6.45, 7) is 3.92. The van der Waals surface area contributed by atoms with Gasteiger partial charge in [-0.3, -0.25) is 9.59 Å².